The molecule has 0 radical (unpaired) electrons. The van der Waals surface area contributed by atoms with E-state index in [9.17, 15) is 0 Å². The maximum absolute atomic E-state index is 7.62. The standard InChI is InChI=1S/2C18H9BrN4.2C10H8N2.C2H6O2.H2O.Ru/c2*19-10-5-6-13-14(9-10)23-18-12-4-2-8-21-16(12)15-11(17(18)22-13)3-1-7-20-15;2*1-3-7-11-9(5-1)10-6-2-4-8-12-10;3-1-2-4;;/h2*1-9H;2*1-8H;3-4H,1-2H2;1H2;. The first-order valence-electron chi connectivity index (χ1n) is 23.1. The van der Waals surface area contributed by atoms with Crippen molar-refractivity contribution in [2.45, 2.75) is 0 Å². The molecule has 76 heavy (non-hydrogen) atoms. The van der Waals surface area contributed by atoms with Gasteiger partial charge in [0.1, 0.15) is 0 Å². The molecule has 0 bridgehead atoms. The number of halogens is 2. The minimum absolute atomic E-state index is 0. The quantitative estimate of drug-likeness (QED) is 0.0953. The van der Waals surface area contributed by atoms with Gasteiger partial charge in [0.15, 0.2) is 0 Å². The van der Waals surface area contributed by atoms with E-state index in [1.165, 1.54) is 0 Å². The van der Waals surface area contributed by atoms with Gasteiger partial charge in [-0.1, -0.05) is 56.1 Å². The van der Waals surface area contributed by atoms with E-state index in [0.717, 1.165) is 119 Å². The van der Waals surface area contributed by atoms with Crippen LogP contribution in [-0.4, -0.2) is 88.7 Å². The molecule has 15 nitrogen and oxygen atoms in total. The molecule has 14 aromatic rings. The van der Waals surface area contributed by atoms with E-state index in [1.807, 2.05) is 158 Å². The molecule has 0 saturated carbocycles. The van der Waals surface area contributed by atoms with Crippen molar-refractivity contribution in [2.24, 2.45) is 0 Å². The Kier molecular flexibility index (Phi) is 18.4. The molecular weight excluding hydrogens is 1170 g/mol. The summed E-state index contributed by atoms with van der Waals surface area (Å²) in [7, 11) is 0. The molecule has 0 amide bonds. The molecule has 0 unspecified atom stereocenters. The Bertz CT molecular complexity index is 3870. The van der Waals surface area contributed by atoms with Crippen molar-refractivity contribution in [1.29, 1.82) is 0 Å². The first-order chi connectivity index (χ1) is 36.5. The van der Waals surface area contributed by atoms with E-state index in [4.69, 9.17) is 30.1 Å². The number of benzene rings is 4. The fourth-order valence-electron chi connectivity index (χ4n) is 8.00. The van der Waals surface area contributed by atoms with Gasteiger partial charge in [-0.3, -0.25) is 39.9 Å². The largest absolute Gasteiger partial charge is 0.412 e. The van der Waals surface area contributed by atoms with E-state index >= 15 is 0 Å². The maximum atomic E-state index is 7.62. The molecule has 4 aromatic carbocycles. The SMILES string of the molecule is Brc1ccc2nc3c4cccnc4c4ncccc4c3nc2c1.Brc1ccc2nc3c4cccnc4c4ncccc4c3nc2c1.O.OCCO.[Ru].c1ccc(-c2ccccn2)nc1.c1ccc(-c2ccccn2)nc1. The van der Waals surface area contributed by atoms with Crippen LogP contribution in [-0.2, 0) is 19.5 Å². The molecule has 0 saturated heterocycles. The van der Waals surface area contributed by atoms with Crippen molar-refractivity contribution in [3.05, 3.63) is 216 Å². The number of fused-ring (bicyclic) bond motifs is 14. The Hall–Kier alpha value is -8.22. The summed E-state index contributed by atoms with van der Waals surface area (Å²) in [5.41, 5.74) is 14.0. The van der Waals surface area contributed by atoms with Crippen LogP contribution in [0.5, 0.6) is 0 Å². The summed E-state index contributed by atoms with van der Waals surface area (Å²) in [6, 6.07) is 50.8. The third-order valence-electron chi connectivity index (χ3n) is 11.2. The number of aliphatic hydroxyl groups excluding tert-OH is 2. The van der Waals surface area contributed by atoms with Crippen LogP contribution in [0, 0.1) is 0 Å². The average molecular weight is 1220 g/mol. The van der Waals surface area contributed by atoms with Gasteiger partial charge in [0, 0.05) is 99.5 Å². The Labute approximate surface area is 463 Å². The van der Waals surface area contributed by atoms with Gasteiger partial charge in [-0.15, -0.1) is 0 Å². The minimum Gasteiger partial charge on any atom is -0.412 e. The smallest absolute Gasteiger partial charge is 0.0996 e. The molecule has 0 spiro atoms. The molecule has 0 atom stereocenters. The maximum Gasteiger partial charge on any atom is 0.0996 e. The van der Waals surface area contributed by atoms with Crippen LogP contribution >= 0.6 is 31.9 Å². The van der Waals surface area contributed by atoms with Crippen molar-refractivity contribution in [3.63, 3.8) is 0 Å². The normalized spacial score (nSPS) is 10.5. The van der Waals surface area contributed by atoms with Crippen molar-refractivity contribution in [1.82, 2.24) is 59.8 Å². The Balaban J connectivity index is 0.000000135. The molecule has 4 N–H and O–H groups in total. The van der Waals surface area contributed by atoms with E-state index in [2.05, 4.69) is 71.7 Å². The van der Waals surface area contributed by atoms with Crippen molar-refractivity contribution >= 4 is 120 Å². The van der Waals surface area contributed by atoms with E-state index in [0.29, 0.717) is 0 Å². The number of aliphatic hydroxyl groups is 2. The Morgan fingerprint density at radius 2 is 0.553 bits per heavy atom. The monoisotopic (exact) mass is 1210 g/mol. The van der Waals surface area contributed by atoms with Gasteiger partial charge in [0.05, 0.1) is 102 Å². The van der Waals surface area contributed by atoms with Crippen LogP contribution in [0.25, 0.3) is 111 Å². The predicted octanol–water partition coefficient (Wildman–Crippen LogP) is 11.7. The Morgan fingerprint density at radius 1 is 0.289 bits per heavy atom. The molecule has 0 fully saturated rings. The third-order valence-corrected chi connectivity index (χ3v) is 12.2. The second-order valence-electron chi connectivity index (χ2n) is 16.0. The number of aromatic nitrogens is 12. The summed E-state index contributed by atoms with van der Waals surface area (Å²) >= 11 is 6.99. The first-order valence-corrected chi connectivity index (χ1v) is 24.7. The van der Waals surface area contributed by atoms with Gasteiger partial charge in [0.25, 0.3) is 0 Å². The first kappa shape index (κ1) is 54.1. The van der Waals surface area contributed by atoms with E-state index < -0.39 is 0 Å². The van der Waals surface area contributed by atoms with Crippen LogP contribution in [0.2, 0.25) is 0 Å². The van der Waals surface area contributed by atoms with Crippen LogP contribution in [0.4, 0.5) is 0 Å². The zero-order chi connectivity index (χ0) is 50.6. The fourth-order valence-corrected chi connectivity index (χ4v) is 8.70. The van der Waals surface area contributed by atoms with Gasteiger partial charge in [-0.2, -0.15) is 0 Å². The number of rotatable bonds is 3. The summed E-state index contributed by atoms with van der Waals surface area (Å²) in [4.78, 5) is 54.2. The summed E-state index contributed by atoms with van der Waals surface area (Å²) in [6.07, 6.45) is 14.2. The summed E-state index contributed by atoms with van der Waals surface area (Å²) in [5, 5.41) is 19.2. The van der Waals surface area contributed by atoms with Gasteiger partial charge < -0.3 is 15.7 Å². The molecular formula is C58H42Br2N12O3Ru. The molecule has 374 valence electrons. The van der Waals surface area contributed by atoms with E-state index in [-0.39, 0.29) is 38.2 Å². The van der Waals surface area contributed by atoms with Crippen molar-refractivity contribution < 1.29 is 35.2 Å². The topological polar surface area (TPSA) is 227 Å². The van der Waals surface area contributed by atoms with Gasteiger partial charge >= 0.3 is 0 Å². The summed E-state index contributed by atoms with van der Waals surface area (Å²) < 4.78 is 1.98. The zero-order valence-electron chi connectivity index (χ0n) is 39.9. The number of hydrogen-bond donors (Lipinski definition) is 2. The van der Waals surface area contributed by atoms with Crippen LogP contribution in [0.15, 0.2) is 216 Å². The molecule has 10 aromatic heterocycles. The van der Waals surface area contributed by atoms with Gasteiger partial charge in [-0.05, 0) is 133 Å². The second kappa shape index (κ2) is 25.8. The number of nitrogens with zero attached hydrogens (tertiary/aromatic N) is 12. The minimum atomic E-state index is -0.125. The Morgan fingerprint density at radius 3 is 0.803 bits per heavy atom. The molecule has 18 heteroatoms. The van der Waals surface area contributed by atoms with Crippen molar-refractivity contribution in [3.8, 4) is 22.8 Å². The molecule has 0 aliphatic rings. The molecule has 14 rings (SSSR count). The van der Waals surface area contributed by atoms with E-state index in [1.54, 1.807) is 49.6 Å². The average Bonchev–Trinajstić information content (AvgIpc) is 3.49. The molecule has 0 aliphatic heterocycles. The molecule has 0 aliphatic carbocycles. The van der Waals surface area contributed by atoms with Crippen LogP contribution < -0.4 is 0 Å². The zero-order valence-corrected chi connectivity index (χ0v) is 44.8. The van der Waals surface area contributed by atoms with Crippen LogP contribution in [0.3, 0.4) is 0 Å². The predicted molar refractivity (Wildman–Crippen MR) is 303 cm³/mol. The van der Waals surface area contributed by atoms with Gasteiger partial charge in [-0.25, -0.2) is 19.9 Å². The summed E-state index contributed by atoms with van der Waals surface area (Å²) in [6.45, 7) is -0.250. The molecule has 10 heterocycles. The van der Waals surface area contributed by atoms with Crippen molar-refractivity contribution in [2.75, 3.05) is 13.2 Å². The van der Waals surface area contributed by atoms with Gasteiger partial charge in [0.2, 0.25) is 0 Å². The second-order valence-corrected chi connectivity index (χ2v) is 17.8. The third kappa shape index (κ3) is 12.1. The number of pyridine rings is 8. The fraction of sp³-hybridized carbons (Fsp3) is 0.0345. The van der Waals surface area contributed by atoms with Crippen LogP contribution in [0.1, 0.15) is 0 Å². The number of hydrogen-bond acceptors (Lipinski definition) is 14. The summed E-state index contributed by atoms with van der Waals surface area (Å²) in [5.74, 6) is 0.